The predicted molar refractivity (Wildman–Crippen MR) is 88.4 cm³/mol. The molecule has 5 rings (SSSR count). The highest BCUT2D eigenvalue weighted by molar-refractivity contribution is 6.03. The van der Waals surface area contributed by atoms with Crippen molar-refractivity contribution in [2.45, 2.75) is 0 Å². The van der Waals surface area contributed by atoms with E-state index in [1.165, 1.54) is 0 Å². The first-order chi connectivity index (χ1) is 11.8. The van der Waals surface area contributed by atoms with Gasteiger partial charge < -0.3 is 0 Å². The maximum atomic E-state index is 11.6. The molecule has 4 nitrogen and oxygen atoms in total. The molecule has 4 heteroatoms. The molecule has 0 amide bonds. The molecule has 0 atom stereocenters. The second kappa shape index (κ2) is 4.55. The number of hydrogen-bond acceptors (Lipinski definition) is 4. The van der Waals surface area contributed by atoms with Crippen LogP contribution in [0.2, 0.25) is 0 Å². The molecule has 0 spiro atoms. The molecule has 0 N–H and O–H groups in total. The molecule has 0 bridgehead atoms. The van der Waals surface area contributed by atoms with Crippen LogP contribution in [0.25, 0.3) is 11.1 Å². The van der Waals surface area contributed by atoms with Gasteiger partial charge in [-0.25, -0.2) is 9.98 Å². The molecular weight excluding hydrogens is 300 g/mol. The van der Waals surface area contributed by atoms with E-state index in [0.717, 1.165) is 38.7 Å². The zero-order chi connectivity index (χ0) is 16.3. The Bertz CT molecular complexity index is 1290. The fraction of sp³-hybridized carbons (Fsp3) is 0. The molecule has 0 aliphatic carbocycles. The van der Waals surface area contributed by atoms with Gasteiger partial charge in [0, 0.05) is 32.7 Å². The number of benzene rings is 3. The van der Waals surface area contributed by atoms with Gasteiger partial charge in [0.2, 0.25) is 0 Å². The van der Waals surface area contributed by atoms with E-state index in [-0.39, 0.29) is 0 Å². The minimum atomic E-state index is 0.375. The van der Waals surface area contributed by atoms with Crippen LogP contribution in [0.1, 0.15) is 20.7 Å². The molecule has 3 aromatic carbocycles. The summed E-state index contributed by atoms with van der Waals surface area (Å²) < 4.78 is 0. The molecule has 2 aliphatic rings. The van der Waals surface area contributed by atoms with E-state index >= 15 is 0 Å². The predicted octanol–water partition coefficient (Wildman–Crippen LogP) is 2.79. The second-order valence-corrected chi connectivity index (χ2v) is 5.79. The van der Waals surface area contributed by atoms with Gasteiger partial charge in [-0.05, 0) is 30.3 Å². The quantitative estimate of drug-likeness (QED) is 0.471. The van der Waals surface area contributed by atoms with Crippen LogP contribution in [0.5, 0.6) is 0 Å². The summed E-state index contributed by atoms with van der Waals surface area (Å²) >= 11 is 0. The minimum Gasteiger partial charge on any atom is -0.298 e. The van der Waals surface area contributed by atoms with Crippen LogP contribution in [0.3, 0.4) is 0 Å². The number of nitrogens with zero attached hydrogens (tertiary/aromatic N) is 2. The molecular formula is C20H10N2O2. The summed E-state index contributed by atoms with van der Waals surface area (Å²) in [5.41, 5.74) is 3.83. The summed E-state index contributed by atoms with van der Waals surface area (Å²) in [5, 5.41) is 3.80. The van der Waals surface area contributed by atoms with Crippen molar-refractivity contribution in [1.29, 1.82) is 0 Å². The van der Waals surface area contributed by atoms with Crippen LogP contribution in [0, 0.1) is 10.4 Å². The van der Waals surface area contributed by atoms with Crippen LogP contribution < -0.4 is 10.7 Å². The third-order valence-corrected chi connectivity index (χ3v) is 4.58. The lowest BCUT2D eigenvalue weighted by Gasteiger charge is -2.07. The summed E-state index contributed by atoms with van der Waals surface area (Å²) in [6.45, 7) is 0. The van der Waals surface area contributed by atoms with Gasteiger partial charge in [-0.1, -0.05) is 18.2 Å². The van der Waals surface area contributed by atoms with Crippen LogP contribution in [0.15, 0.2) is 58.5 Å². The van der Waals surface area contributed by atoms with Gasteiger partial charge in [0.25, 0.3) is 0 Å². The van der Waals surface area contributed by atoms with Crippen LogP contribution in [-0.4, -0.2) is 12.6 Å². The summed E-state index contributed by atoms with van der Waals surface area (Å²) in [7, 11) is 0. The van der Waals surface area contributed by atoms with E-state index in [9.17, 15) is 9.59 Å². The third-order valence-electron chi connectivity index (χ3n) is 4.58. The van der Waals surface area contributed by atoms with Crippen molar-refractivity contribution in [1.82, 2.24) is 0 Å². The number of rotatable bonds is 2. The van der Waals surface area contributed by atoms with E-state index in [1.54, 1.807) is 12.1 Å². The molecule has 0 saturated carbocycles. The summed E-state index contributed by atoms with van der Waals surface area (Å²) in [6.07, 6.45) is 1.44. The van der Waals surface area contributed by atoms with Crippen molar-refractivity contribution in [2.24, 2.45) is 9.98 Å². The Hall–Kier alpha value is -3.40. The number of carbonyl (C=O) groups is 2. The van der Waals surface area contributed by atoms with Crippen molar-refractivity contribution < 1.29 is 9.59 Å². The Morgan fingerprint density at radius 1 is 0.708 bits per heavy atom. The lowest BCUT2D eigenvalue weighted by molar-refractivity contribution is 0.109. The van der Waals surface area contributed by atoms with Gasteiger partial charge in [-0.15, -0.1) is 0 Å². The molecule has 24 heavy (non-hydrogen) atoms. The summed E-state index contributed by atoms with van der Waals surface area (Å²) in [5.74, 6) is 0. The second-order valence-electron chi connectivity index (χ2n) is 5.79. The highest BCUT2D eigenvalue weighted by Crippen LogP contribution is 2.41. The molecule has 0 unspecified atom stereocenters. The van der Waals surface area contributed by atoms with Crippen LogP contribution in [0.4, 0.5) is 11.4 Å². The molecule has 0 radical (unpaired) electrons. The lowest BCUT2D eigenvalue weighted by Crippen LogP contribution is -2.02. The Morgan fingerprint density at radius 3 is 2.42 bits per heavy atom. The van der Waals surface area contributed by atoms with Gasteiger partial charge in [0.05, 0.1) is 22.1 Å². The summed E-state index contributed by atoms with van der Waals surface area (Å²) in [6, 6.07) is 15.3. The highest BCUT2D eigenvalue weighted by Gasteiger charge is 2.24. The average Bonchev–Trinajstić information content (AvgIpc) is 3.18. The molecule has 2 aliphatic heterocycles. The van der Waals surface area contributed by atoms with E-state index in [2.05, 4.69) is 4.99 Å². The van der Waals surface area contributed by atoms with Gasteiger partial charge in [-0.3, -0.25) is 9.59 Å². The number of carbonyl (C=O) groups excluding carboxylic acids is 2. The van der Waals surface area contributed by atoms with Gasteiger partial charge >= 0.3 is 0 Å². The van der Waals surface area contributed by atoms with Crippen molar-refractivity contribution in [3.8, 4) is 11.1 Å². The van der Waals surface area contributed by atoms with Crippen LogP contribution in [-0.2, 0) is 0 Å². The average molecular weight is 310 g/mol. The monoisotopic (exact) mass is 310 g/mol. The largest absolute Gasteiger partial charge is 0.298 e. The third kappa shape index (κ3) is 1.52. The zero-order valence-electron chi connectivity index (χ0n) is 12.5. The maximum absolute atomic E-state index is 11.6. The van der Waals surface area contributed by atoms with Crippen molar-refractivity contribution in [2.75, 3.05) is 0 Å². The van der Waals surface area contributed by atoms with Crippen molar-refractivity contribution in [3.05, 3.63) is 80.8 Å². The van der Waals surface area contributed by atoms with Crippen molar-refractivity contribution >= 4 is 23.9 Å². The molecule has 0 saturated heterocycles. The van der Waals surface area contributed by atoms with E-state index < -0.39 is 0 Å². The van der Waals surface area contributed by atoms with Gasteiger partial charge in [0.15, 0.2) is 12.6 Å². The highest BCUT2D eigenvalue weighted by atomic mass is 16.1. The van der Waals surface area contributed by atoms with Gasteiger partial charge in [-0.2, -0.15) is 0 Å². The first-order valence-electron chi connectivity index (χ1n) is 7.59. The molecule has 0 aromatic heterocycles. The summed E-state index contributed by atoms with van der Waals surface area (Å²) in [4.78, 5) is 32.3. The van der Waals surface area contributed by atoms with E-state index in [0.29, 0.717) is 28.7 Å². The molecule has 112 valence electrons. The minimum absolute atomic E-state index is 0.375. The maximum Gasteiger partial charge on any atom is 0.151 e. The Balaban J connectivity index is 1.99. The fourth-order valence-corrected chi connectivity index (χ4v) is 3.51. The molecule has 2 heterocycles. The normalized spacial score (nSPS) is 12.3. The smallest absolute Gasteiger partial charge is 0.151 e. The van der Waals surface area contributed by atoms with Crippen LogP contribution >= 0.6 is 0 Å². The zero-order valence-corrected chi connectivity index (χ0v) is 12.5. The van der Waals surface area contributed by atoms with Crippen molar-refractivity contribution in [3.63, 3.8) is 0 Å². The Labute approximate surface area is 136 Å². The lowest BCUT2D eigenvalue weighted by atomic mass is 9.94. The number of para-hydroxylation sites is 1. The van der Waals surface area contributed by atoms with E-state index in [1.807, 2.05) is 36.4 Å². The standard InChI is InChI=1S/C20H10N2O2/c23-9-11-5-7-16-18(14(11)10-24)19-17(21-16)8-6-13-12-3-1-2-4-15(12)22-20(13)19/h1-10H. The fourth-order valence-electron chi connectivity index (χ4n) is 3.51. The number of fused-ring (bicyclic) bond motifs is 6. The Kier molecular flexibility index (Phi) is 2.48. The first-order valence-corrected chi connectivity index (χ1v) is 7.59. The number of hydrogen-bond donors (Lipinski definition) is 0. The Morgan fingerprint density at radius 2 is 1.58 bits per heavy atom. The van der Waals surface area contributed by atoms with Gasteiger partial charge in [0.1, 0.15) is 0 Å². The number of aldehydes is 2. The molecule has 0 fully saturated rings. The van der Waals surface area contributed by atoms with E-state index in [4.69, 9.17) is 4.99 Å². The molecule has 3 aromatic rings. The topological polar surface area (TPSA) is 58.9 Å². The first kappa shape index (κ1) is 13.1. The SMILES string of the molecule is O=Cc1ccc2c(c1C=O)-c1c3c(ccc1=N2)=c1ccccc1=N3.